The molecule has 0 spiro atoms. The van der Waals surface area contributed by atoms with E-state index in [2.05, 4.69) is 20.9 Å². The smallest absolute Gasteiger partial charge is 0.274 e. The fourth-order valence-corrected chi connectivity index (χ4v) is 3.02. The SMILES string of the molecule is Cc1ccc2c(c1)CN(C(=O)c1cnc(C)cn1)C(CN(C)C)CO2. The maximum absolute atomic E-state index is 13.1. The molecule has 1 aromatic carbocycles. The van der Waals surface area contributed by atoms with Crippen LogP contribution in [-0.4, -0.2) is 59.0 Å². The molecule has 132 valence electrons. The lowest BCUT2D eigenvalue weighted by Gasteiger charge is -2.31. The molecule has 3 rings (SSSR count). The number of aromatic nitrogens is 2. The second kappa shape index (κ2) is 7.19. The molecule has 25 heavy (non-hydrogen) atoms. The van der Waals surface area contributed by atoms with Crippen molar-refractivity contribution in [2.45, 2.75) is 26.4 Å². The summed E-state index contributed by atoms with van der Waals surface area (Å²) in [6.45, 7) is 5.58. The minimum Gasteiger partial charge on any atom is -0.491 e. The number of fused-ring (bicyclic) bond motifs is 1. The Morgan fingerprint density at radius 2 is 2.08 bits per heavy atom. The highest BCUT2D eigenvalue weighted by Gasteiger charge is 2.30. The van der Waals surface area contributed by atoms with Crippen LogP contribution in [0.15, 0.2) is 30.6 Å². The number of likely N-dealkylation sites (N-methyl/N-ethyl adjacent to an activating group) is 1. The molecule has 0 fully saturated rings. The second-order valence-corrected chi connectivity index (χ2v) is 6.81. The van der Waals surface area contributed by atoms with Gasteiger partial charge in [0.25, 0.3) is 5.91 Å². The fraction of sp³-hybridized carbons (Fsp3) is 0.421. The number of ether oxygens (including phenoxy) is 1. The minimum atomic E-state index is -0.114. The van der Waals surface area contributed by atoms with Crippen molar-refractivity contribution < 1.29 is 9.53 Å². The van der Waals surface area contributed by atoms with Crippen LogP contribution >= 0.6 is 0 Å². The van der Waals surface area contributed by atoms with Gasteiger partial charge in [-0.15, -0.1) is 0 Å². The Morgan fingerprint density at radius 3 is 2.76 bits per heavy atom. The van der Waals surface area contributed by atoms with Crippen LogP contribution in [0, 0.1) is 13.8 Å². The molecule has 2 heterocycles. The predicted octanol–water partition coefficient (Wildman–Crippen LogP) is 2.06. The van der Waals surface area contributed by atoms with E-state index in [0.717, 1.165) is 29.1 Å². The predicted molar refractivity (Wildman–Crippen MR) is 95.7 cm³/mol. The van der Waals surface area contributed by atoms with E-state index in [1.165, 1.54) is 0 Å². The molecule has 1 unspecified atom stereocenters. The van der Waals surface area contributed by atoms with Gasteiger partial charge in [0.05, 0.1) is 24.5 Å². The highest BCUT2D eigenvalue weighted by molar-refractivity contribution is 5.92. The zero-order valence-corrected chi connectivity index (χ0v) is 15.2. The first-order valence-electron chi connectivity index (χ1n) is 8.40. The Morgan fingerprint density at radius 1 is 1.28 bits per heavy atom. The molecule has 1 atom stereocenters. The van der Waals surface area contributed by atoms with E-state index in [9.17, 15) is 4.79 Å². The Hall–Kier alpha value is -2.47. The van der Waals surface area contributed by atoms with Gasteiger partial charge in [-0.3, -0.25) is 9.78 Å². The van der Waals surface area contributed by atoms with E-state index < -0.39 is 0 Å². The molecular weight excluding hydrogens is 316 g/mol. The van der Waals surface area contributed by atoms with E-state index in [1.807, 2.05) is 45.0 Å². The summed E-state index contributed by atoms with van der Waals surface area (Å²) in [5.41, 5.74) is 3.33. The molecule has 0 saturated heterocycles. The van der Waals surface area contributed by atoms with E-state index in [4.69, 9.17) is 4.74 Å². The molecule has 0 aliphatic carbocycles. The Kier molecular flexibility index (Phi) is 4.99. The van der Waals surface area contributed by atoms with Crippen molar-refractivity contribution in [2.24, 2.45) is 0 Å². The molecule has 0 N–H and O–H groups in total. The first-order chi connectivity index (χ1) is 11.9. The molecule has 1 aromatic heterocycles. The summed E-state index contributed by atoms with van der Waals surface area (Å²) < 4.78 is 6.00. The lowest BCUT2D eigenvalue weighted by Crippen LogP contribution is -2.47. The van der Waals surface area contributed by atoms with Crippen LogP contribution in [0.4, 0.5) is 0 Å². The van der Waals surface area contributed by atoms with Gasteiger partial charge in [-0.25, -0.2) is 4.98 Å². The fourth-order valence-electron chi connectivity index (χ4n) is 3.02. The van der Waals surface area contributed by atoms with E-state index >= 15 is 0 Å². The monoisotopic (exact) mass is 340 g/mol. The van der Waals surface area contributed by atoms with Crippen molar-refractivity contribution in [3.05, 3.63) is 53.1 Å². The second-order valence-electron chi connectivity index (χ2n) is 6.81. The number of hydrogen-bond acceptors (Lipinski definition) is 5. The highest BCUT2D eigenvalue weighted by Crippen LogP contribution is 2.27. The van der Waals surface area contributed by atoms with Crippen molar-refractivity contribution in [3.8, 4) is 5.75 Å². The number of carbonyl (C=O) groups is 1. The summed E-state index contributed by atoms with van der Waals surface area (Å²) >= 11 is 0. The Bertz CT molecular complexity index is 759. The zero-order valence-electron chi connectivity index (χ0n) is 15.2. The van der Waals surface area contributed by atoms with Gasteiger partial charge in [0.15, 0.2) is 0 Å². The number of benzene rings is 1. The summed E-state index contributed by atoms with van der Waals surface area (Å²) in [4.78, 5) is 25.5. The molecule has 0 saturated carbocycles. The quantitative estimate of drug-likeness (QED) is 0.856. The van der Waals surface area contributed by atoms with Crippen LogP contribution in [-0.2, 0) is 6.54 Å². The van der Waals surface area contributed by atoms with E-state index in [1.54, 1.807) is 12.4 Å². The summed E-state index contributed by atoms with van der Waals surface area (Å²) in [6.07, 6.45) is 3.17. The van der Waals surface area contributed by atoms with Crippen LogP contribution in [0.1, 0.15) is 27.3 Å². The normalized spacial score (nSPS) is 17.0. The average molecular weight is 340 g/mol. The van der Waals surface area contributed by atoms with E-state index in [-0.39, 0.29) is 11.9 Å². The molecule has 6 nitrogen and oxygen atoms in total. The van der Waals surface area contributed by atoms with Gasteiger partial charge < -0.3 is 14.5 Å². The average Bonchev–Trinajstić information content (AvgIpc) is 2.74. The summed E-state index contributed by atoms with van der Waals surface area (Å²) in [6, 6.07) is 6.03. The third-order valence-corrected chi connectivity index (χ3v) is 4.27. The van der Waals surface area contributed by atoms with Crippen molar-refractivity contribution in [3.63, 3.8) is 0 Å². The number of carbonyl (C=O) groups excluding carboxylic acids is 1. The number of nitrogens with zero attached hydrogens (tertiary/aromatic N) is 4. The van der Waals surface area contributed by atoms with Gasteiger partial charge >= 0.3 is 0 Å². The Labute approximate surface area is 148 Å². The largest absolute Gasteiger partial charge is 0.491 e. The number of hydrogen-bond donors (Lipinski definition) is 0. The first kappa shape index (κ1) is 17.4. The molecule has 1 aliphatic rings. The topological polar surface area (TPSA) is 58.6 Å². The van der Waals surface area contributed by atoms with Gasteiger partial charge in [-0.1, -0.05) is 17.7 Å². The summed E-state index contributed by atoms with van der Waals surface area (Å²) in [5, 5.41) is 0. The summed E-state index contributed by atoms with van der Waals surface area (Å²) in [5.74, 6) is 0.733. The molecule has 0 bridgehead atoms. The third-order valence-electron chi connectivity index (χ3n) is 4.27. The number of amides is 1. The molecule has 1 aliphatic heterocycles. The lowest BCUT2D eigenvalue weighted by atomic mass is 10.1. The molecule has 2 aromatic rings. The minimum absolute atomic E-state index is 0.0571. The van der Waals surface area contributed by atoms with Crippen LogP contribution in [0.5, 0.6) is 5.75 Å². The number of aryl methyl sites for hydroxylation is 2. The van der Waals surface area contributed by atoms with Crippen molar-refractivity contribution in [1.29, 1.82) is 0 Å². The molecule has 1 amide bonds. The lowest BCUT2D eigenvalue weighted by molar-refractivity contribution is 0.0577. The molecular formula is C19H24N4O2. The maximum atomic E-state index is 13.1. The van der Waals surface area contributed by atoms with Crippen LogP contribution in [0.2, 0.25) is 0 Å². The van der Waals surface area contributed by atoms with E-state index in [0.29, 0.717) is 18.8 Å². The first-order valence-corrected chi connectivity index (χ1v) is 8.40. The van der Waals surface area contributed by atoms with Crippen molar-refractivity contribution in [2.75, 3.05) is 27.2 Å². The summed E-state index contributed by atoms with van der Waals surface area (Å²) in [7, 11) is 3.99. The maximum Gasteiger partial charge on any atom is 0.274 e. The van der Waals surface area contributed by atoms with Gasteiger partial charge in [0.1, 0.15) is 18.1 Å². The standard InChI is InChI=1S/C19H24N4O2/c1-13-5-6-18-15(7-13)10-23(16(12-25-18)11-22(3)4)19(24)17-9-20-14(2)8-21-17/h5-9,16H,10-12H2,1-4H3. The van der Waals surface area contributed by atoms with Gasteiger partial charge in [-0.2, -0.15) is 0 Å². The molecule has 0 radical (unpaired) electrons. The Balaban J connectivity index is 1.95. The van der Waals surface area contributed by atoms with Crippen molar-refractivity contribution >= 4 is 5.91 Å². The van der Waals surface area contributed by atoms with Crippen molar-refractivity contribution in [1.82, 2.24) is 19.8 Å². The zero-order chi connectivity index (χ0) is 18.0. The molecule has 6 heteroatoms. The van der Waals surface area contributed by atoms with Crippen LogP contribution in [0.3, 0.4) is 0 Å². The van der Waals surface area contributed by atoms with Gasteiger partial charge in [-0.05, 0) is 34.0 Å². The highest BCUT2D eigenvalue weighted by atomic mass is 16.5. The van der Waals surface area contributed by atoms with Crippen LogP contribution < -0.4 is 4.74 Å². The third kappa shape index (κ3) is 3.96. The van der Waals surface area contributed by atoms with Gasteiger partial charge in [0.2, 0.25) is 0 Å². The number of rotatable bonds is 3. The van der Waals surface area contributed by atoms with Gasteiger partial charge in [0, 0.05) is 18.3 Å². The van der Waals surface area contributed by atoms with Crippen LogP contribution in [0.25, 0.3) is 0 Å².